The molecule has 0 saturated carbocycles. The zero-order valence-corrected chi connectivity index (χ0v) is 12.1. The minimum Gasteiger partial charge on any atom is -0.376 e. The molecule has 1 N–H and O–H groups in total. The zero-order chi connectivity index (χ0) is 14.0. The molecular formula is C12H19N3O3S. The standard InChI is InChI=1S/C12H19N3O3S/c1-9-11(6-7-18-9)14-12-5-4-10(8-13-12)19(16,17)15(2)3/h4-5,8-9,11H,6-7H2,1-3H3,(H,13,14). The summed E-state index contributed by atoms with van der Waals surface area (Å²) in [5.74, 6) is 0.667. The molecule has 1 aromatic heterocycles. The minimum atomic E-state index is -3.41. The Bertz CT molecular complexity index is 528. The molecule has 7 heteroatoms. The van der Waals surface area contributed by atoms with Crippen molar-refractivity contribution in [2.45, 2.75) is 30.4 Å². The highest BCUT2D eigenvalue weighted by Gasteiger charge is 2.24. The van der Waals surface area contributed by atoms with Crippen LogP contribution in [0.3, 0.4) is 0 Å². The van der Waals surface area contributed by atoms with Crippen LogP contribution < -0.4 is 5.32 Å². The second-order valence-electron chi connectivity index (χ2n) is 4.78. The topological polar surface area (TPSA) is 71.5 Å². The van der Waals surface area contributed by atoms with Gasteiger partial charge < -0.3 is 10.1 Å². The molecule has 2 heterocycles. The number of ether oxygens (including phenoxy) is 1. The summed E-state index contributed by atoms with van der Waals surface area (Å²) in [6, 6.07) is 3.47. The van der Waals surface area contributed by atoms with Gasteiger partial charge in [0.05, 0.1) is 12.1 Å². The lowest BCUT2D eigenvalue weighted by Gasteiger charge is -2.17. The first-order chi connectivity index (χ1) is 8.91. The average Bonchev–Trinajstić information content (AvgIpc) is 2.75. The van der Waals surface area contributed by atoms with Crippen molar-refractivity contribution in [3.63, 3.8) is 0 Å². The number of aromatic nitrogens is 1. The molecule has 1 saturated heterocycles. The summed E-state index contributed by atoms with van der Waals surface area (Å²) < 4.78 is 30.4. The Morgan fingerprint density at radius 3 is 2.63 bits per heavy atom. The Morgan fingerprint density at radius 1 is 1.42 bits per heavy atom. The molecule has 6 nitrogen and oxygen atoms in total. The summed E-state index contributed by atoms with van der Waals surface area (Å²) in [7, 11) is -0.415. The molecule has 0 amide bonds. The normalized spacial score (nSPS) is 23.8. The average molecular weight is 285 g/mol. The van der Waals surface area contributed by atoms with E-state index in [1.54, 1.807) is 12.1 Å². The van der Waals surface area contributed by atoms with Gasteiger partial charge in [0, 0.05) is 26.9 Å². The van der Waals surface area contributed by atoms with E-state index < -0.39 is 10.0 Å². The lowest BCUT2D eigenvalue weighted by molar-refractivity contribution is 0.121. The third-order valence-electron chi connectivity index (χ3n) is 3.22. The van der Waals surface area contributed by atoms with Crippen molar-refractivity contribution < 1.29 is 13.2 Å². The van der Waals surface area contributed by atoms with Gasteiger partial charge in [0.25, 0.3) is 0 Å². The van der Waals surface area contributed by atoms with Crippen LogP contribution in [0.5, 0.6) is 0 Å². The van der Waals surface area contributed by atoms with Crippen LogP contribution in [0.25, 0.3) is 0 Å². The van der Waals surface area contributed by atoms with E-state index in [-0.39, 0.29) is 17.0 Å². The van der Waals surface area contributed by atoms with Gasteiger partial charge in [0.1, 0.15) is 10.7 Å². The maximum Gasteiger partial charge on any atom is 0.244 e. The number of pyridine rings is 1. The van der Waals surface area contributed by atoms with Gasteiger partial charge >= 0.3 is 0 Å². The van der Waals surface area contributed by atoms with Crippen molar-refractivity contribution in [2.75, 3.05) is 26.0 Å². The largest absolute Gasteiger partial charge is 0.376 e. The Hall–Kier alpha value is -1.18. The van der Waals surface area contributed by atoms with Gasteiger partial charge in [0.15, 0.2) is 0 Å². The van der Waals surface area contributed by atoms with Crippen LogP contribution in [-0.2, 0) is 14.8 Å². The molecule has 1 fully saturated rings. The Balaban J connectivity index is 2.11. The lowest BCUT2D eigenvalue weighted by Crippen LogP contribution is -2.27. The summed E-state index contributed by atoms with van der Waals surface area (Å²) in [6.07, 6.45) is 2.45. The predicted molar refractivity (Wildman–Crippen MR) is 72.6 cm³/mol. The summed E-state index contributed by atoms with van der Waals surface area (Å²) >= 11 is 0. The quantitative estimate of drug-likeness (QED) is 0.890. The summed E-state index contributed by atoms with van der Waals surface area (Å²) in [5, 5.41) is 3.25. The van der Waals surface area contributed by atoms with Crippen molar-refractivity contribution in [3.05, 3.63) is 18.3 Å². The molecule has 0 aliphatic carbocycles. The van der Waals surface area contributed by atoms with Gasteiger partial charge in [-0.15, -0.1) is 0 Å². The third-order valence-corrected chi connectivity index (χ3v) is 5.02. The van der Waals surface area contributed by atoms with E-state index in [1.165, 1.54) is 24.6 Å². The maximum atomic E-state index is 11.9. The van der Waals surface area contributed by atoms with E-state index in [0.29, 0.717) is 5.82 Å². The first kappa shape index (κ1) is 14.2. The molecule has 0 radical (unpaired) electrons. The van der Waals surface area contributed by atoms with Crippen LogP contribution in [0.15, 0.2) is 23.2 Å². The molecule has 19 heavy (non-hydrogen) atoms. The summed E-state index contributed by atoms with van der Waals surface area (Å²) in [6.45, 7) is 2.75. The molecule has 106 valence electrons. The number of anilines is 1. The van der Waals surface area contributed by atoms with Crippen LogP contribution in [0.1, 0.15) is 13.3 Å². The maximum absolute atomic E-state index is 11.9. The molecule has 0 bridgehead atoms. The van der Waals surface area contributed by atoms with Crippen LogP contribution in [-0.4, -0.2) is 50.6 Å². The molecule has 1 aliphatic rings. The van der Waals surface area contributed by atoms with Crippen molar-refractivity contribution in [2.24, 2.45) is 0 Å². The Labute approximate surface area is 113 Å². The smallest absolute Gasteiger partial charge is 0.244 e. The number of nitrogens with zero attached hydrogens (tertiary/aromatic N) is 2. The third kappa shape index (κ3) is 3.05. The second-order valence-corrected chi connectivity index (χ2v) is 6.93. The Kier molecular flexibility index (Phi) is 4.07. The van der Waals surface area contributed by atoms with E-state index in [4.69, 9.17) is 4.74 Å². The van der Waals surface area contributed by atoms with Crippen LogP contribution in [0, 0.1) is 0 Å². The molecule has 1 aliphatic heterocycles. The minimum absolute atomic E-state index is 0.145. The number of nitrogens with one attached hydrogen (secondary N) is 1. The highest BCUT2D eigenvalue weighted by molar-refractivity contribution is 7.89. The first-order valence-corrected chi connectivity index (χ1v) is 7.62. The summed E-state index contributed by atoms with van der Waals surface area (Å²) in [5.41, 5.74) is 0. The summed E-state index contributed by atoms with van der Waals surface area (Å²) in [4.78, 5) is 4.35. The van der Waals surface area contributed by atoms with Gasteiger partial charge in [-0.05, 0) is 25.5 Å². The predicted octanol–water partition coefficient (Wildman–Crippen LogP) is 0.921. The van der Waals surface area contributed by atoms with Crippen molar-refractivity contribution >= 4 is 15.8 Å². The van der Waals surface area contributed by atoms with Crippen molar-refractivity contribution in [3.8, 4) is 0 Å². The molecule has 1 aromatic rings. The fraction of sp³-hybridized carbons (Fsp3) is 0.583. The van der Waals surface area contributed by atoms with Crippen LogP contribution in [0.2, 0.25) is 0 Å². The van der Waals surface area contributed by atoms with Gasteiger partial charge in [0.2, 0.25) is 10.0 Å². The lowest BCUT2D eigenvalue weighted by atomic mass is 10.1. The van der Waals surface area contributed by atoms with E-state index in [2.05, 4.69) is 10.3 Å². The van der Waals surface area contributed by atoms with E-state index >= 15 is 0 Å². The zero-order valence-electron chi connectivity index (χ0n) is 11.3. The number of rotatable bonds is 4. The SMILES string of the molecule is CC1OCCC1Nc1ccc(S(=O)(=O)N(C)C)cn1. The van der Waals surface area contributed by atoms with E-state index in [0.717, 1.165) is 13.0 Å². The highest BCUT2D eigenvalue weighted by atomic mass is 32.2. The fourth-order valence-corrected chi connectivity index (χ4v) is 2.79. The molecule has 2 unspecified atom stereocenters. The number of hydrogen-bond donors (Lipinski definition) is 1. The number of sulfonamides is 1. The molecule has 0 aromatic carbocycles. The Morgan fingerprint density at radius 2 is 2.16 bits per heavy atom. The van der Waals surface area contributed by atoms with Gasteiger partial charge in [-0.2, -0.15) is 0 Å². The van der Waals surface area contributed by atoms with Crippen LogP contribution >= 0.6 is 0 Å². The molecule has 0 spiro atoms. The van der Waals surface area contributed by atoms with Crippen molar-refractivity contribution in [1.29, 1.82) is 0 Å². The second kappa shape index (κ2) is 5.44. The monoisotopic (exact) mass is 285 g/mol. The fourth-order valence-electron chi connectivity index (χ4n) is 1.94. The molecule has 2 atom stereocenters. The van der Waals surface area contributed by atoms with Gasteiger partial charge in [-0.25, -0.2) is 17.7 Å². The van der Waals surface area contributed by atoms with Gasteiger partial charge in [-0.1, -0.05) is 0 Å². The molecular weight excluding hydrogens is 266 g/mol. The molecule has 2 rings (SSSR count). The van der Waals surface area contributed by atoms with Crippen LogP contribution in [0.4, 0.5) is 5.82 Å². The number of hydrogen-bond acceptors (Lipinski definition) is 5. The van der Waals surface area contributed by atoms with Crippen molar-refractivity contribution in [1.82, 2.24) is 9.29 Å². The first-order valence-electron chi connectivity index (χ1n) is 6.18. The van der Waals surface area contributed by atoms with E-state index in [9.17, 15) is 8.42 Å². The highest BCUT2D eigenvalue weighted by Crippen LogP contribution is 2.19. The van der Waals surface area contributed by atoms with E-state index in [1.807, 2.05) is 6.92 Å². The van der Waals surface area contributed by atoms with Gasteiger partial charge in [-0.3, -0.25) is 0 Å².